The molecule has 94 valence electrons. The first-order chi connectivity index (χ1) is 8.47. The number of benzene rings is 1. The van der Waals surface area contributed by atoms with Crippen molar-refractivity contribution < 1.29 is 23.6 Å². The number of amides is 2. The van der Waals surface area contributed by atoms with Gasteiger partial charge in [0.05, 0.1) is 5.56 Å². The normalized spacial score (nSPS) is 15.1. The highest BCUT2D eigenvalue weighted by molar-refractivity contribution is 6.30. The fourth-order valence-electron chi connectivity index (χ4n) is 1.47. The van der Waals surface area contributed by atoms with Crippen LogP contribution in [0.2, 0.25) is 5.02 Å². The van der Waals surface area contributed by atoms with Crippen LogP contribution in [0.4, 0.5) is 4.39 Å². The zero-order valence-corrected chi connectivity index (χ0v) is 9.74. The molecule has 1 aromatic carbocycles. The van der Waals surface area contributed by atoms with Gasteiger partial charge >= 0.3 is 5.97 Å². The standard InChI is InChI=1S/C11H7ClFNO4/c12-7-3-6(4-8(13)5-7)11(17)18-14-9(15)1-2-10(14)16/h3-5H,1-2H2. The maximum absolute atomic E-state index is 13.0. The van der Waals surface area contributed by atoms with Crippen LogP contribution in [0.5, 0.6) is 0 Å². The van der Waals surface area contributed by atoms with Gasteiger partial charge in [0, 0.05) is 17.9 Å². The smallest absolute Gasteiger partial charge is 0.325 e. The molecule has 0 aliphatic carbocycles. The molecule has 1 fully saturated rings. The number of hydroxylamine groups is 2. The fourth-order valence-corrected chi connectivity index (χ4v) is 1.69. The number of hydrogen-bond acceptors (Lipinski definition) is 4. The molecule has 0 N–H and O–H groups in total. The molecule has 1 aliphatic rings. The lowest BCUT2D eigenvalue weighted by atomic mass is 10.2. The number of imide groups is 1. The molecule has 18 heavy (non-hydrogen) atoms. The third-order valence-electron chi connectivity index (χ3n) is 2.28. The number of carbonyl (C=O) groups excluding carboxylic acids is 3. The Morgan fingerprint density at radius 2 is 1.83 bits per heavy atom. The van der Waals surface area contributed by atoms with Gasteiger partial charge in [0.2, 0.25) is 0 Å². The van der Waals surface area contributed by atoms with Crippen molar-refractivity contribution in [3.8, 4) is 0 Å². The zero-order valence-electron chi connectivity index (χ0n) is 8.98. The number of hydrogen-bond donors (Lipinski definition) is 0. The van der Waals surface area contributed by atoms with Gasteiger partial charge in [-0.2, -0.15) is 0 Å². The van der Waals surface area contributed by atoms with Crippen LogP contribution in [-0.2, 0) is 14.4 Å². The largest absolute Gasteiger partial charge is 0.364 e. The molecule has 1 aliphatic heterocycles. The molecular formula is C11H7ClFNO4. The van der Waals surface area contributed by atoms with E-state index >= 15 is 0 Å². The first kappa shape index (κ1) is 12.5. The summed E-state index contributed by atoms with van der Waals surface area (Å²) in [6, 6.07) is 3.10. The second-order valence-corrected chi connectivity index (χ2v) is 4.06. The van der Waals surface area contributed by atoms with E-state index in [1.165, 1.54) is 6.07 Å². The average molecular weight is 272 g/mol. The molecule has 0 spiro atoms. The van der Waals surface area contributed by atoms with Gasteiger partial charge < -0.3 is 4.84 Å². The van der Waals surface area contributed by atoms with Gasteiger partial charge in [0.1, 0.15) is 5.82 Å². The van der Waals surface area contributed by atoms with Crippen molar-refractivity contribution in [3.63, 3.8) is 0 Å². The highest BCUT2D eigenvalue weighted by Gasteiger charge is 2.33. The van der Waals surface area contributed by atoms with Crippen LogP contribution < -0.4 is 0 Å². The topological polar surface area (TPSA) is 63.7 Å². The molecular weight excluding hydrogens is 265 g/mol. The minimum absolute atomic E-state index is 0.00395. The van der Waals surface area contributed by atoms with E-state index in [9.17, 15) is 18.8 Å². The third kappa shape index (κ3) is 2.48. The molecule has 0 atom stereocenters. The van der Waals surface area contributed by atoms with Crippen molar-refractivity contribution >= 4 is 29.4 Å². The molecule has 1 aromatic rings. The van der Waals surface area contributed by atoms with Crippen molar-refractivity contribution in [3.05, 3.63) is 34.6 Å². The van der Waals surface area contributed by atoms with Gasteiger partial charge in [-0.05, 0) is 18.2 Å². The summed E-state index contributed by atoms with van der Waals surface area (Å²) in [7, 11) is 0. The van der Waals surface area contributed by atoms with Crippen molar-refractivity contribution in [2.45, 2.75) is 12.8 Å². The molecule has 0 radical (unpaired) electrons. The molecule has 1 saturated heterocycles. The quantitative estimate of drug-likeness (QED) is 0.768. The molecule has 7 heteroatoms. The number of rotatable bonds is 2. The van der Waals surface area contributed by atoms with Crippen molar-refractivity contribution in [1.82, 2.24) is 5.06 Å². The van der Waals surface area contributed by atoms with Gasteiger partial charge in [-0.3, -0.25) is 9.59 Å². The summed E-state index contributed by atoms with van der Waals surface area (Å²) in [6.07, 6.45) is -0.00790. The SMILES string of the molecule is O=C(ON1C(=O)CCC1=O)c1cc(F)cc(Cl)c1. The van der Waals surface area contributed by atoms with Crippen LogP contribution >= 0.6 is 11.6 Å². The maximum atomic E-state index is 13.0. The van der Waals surface area contributed by atoms with Gasteiger partial charge in [-0.25, -0.2) is 9.18 Å². The van der Waals surface area contributed by atoms with E-state index in [0.29, 0.717) is 5.06 Å². The van der Waals surface area contributed by atoms with E-state index in [1.807, 2.05) is 0 Å². The predicted octanol–water partition coefficient (Wildman–Crippen LogP) is 1.70. The van der Waals surface area contributed by atoms with Crippen molar-refractivity contribution in [2.24, 2.45) is 0 Å². The third-order valence-corrected chi connectivity index (χ3v) is 2.50. The van der Waals surface area contributed by atoms with E-state index in [4.69, 9.17) is 11.6 Å². The summed E-state index contributed by atoms with van der Waals surface area (Å²) in [4.78, 5) is 38.6. The Morgan fingerprint density at radius 3 is 2.39 bits per heavy atom. The molecule has 1 heterocycles. The number of carbonyl (C=O) groups is 3. The Labute approximate surface area is 106 Å². The second kappa shape index (κ2) is 4.73. The van der Waals surface area contributed by atoms with E-state index in [2.05, 4.69) is 4.84 Å². The minimum atomic E-state index is -1.01. The molecule has 0 bridgehead atoms. The molecule has 0 unspecified atom stereocenters. The van der Waals surface area contributed by atoms with Crippen LogP contribution in [0.3, 0.4) is 0 Å². The first-order valence-corrected chi connectivity index (χ1v) is 5.39. The molecule has 2 rings (SSSR count). The molecule has 5 nitrogen and oxygen atoms in total. The van der Waals surface area contributed by atoms with Crippen LogP contribution in [0.1, 0.15) is 23.2 Å². The average Bonchev–Trinajstić information content (AvgIpc) is 2.59. The zero-order chi connectivity index (χ0) is 13.3. The lowest BCUT2D eigenvalue weighted by Crippen LogP contribution is -2.32. The highest BCUT2D eigenvalue weighted by atomic mass is 35.5. The first-order valence-electron chi connectivity index (χ1n) is 5.01. The van der Waals surface area contributed by atoms with Crippen LogP contribution in [0.15, 0.2) is 18.2 Å². The van der Waals surface area contributed by atoms with Crippen molar-refractivity contribution in [2.75, 3.05) is 0 Å². The molecule has 0 aromatic heterocycles. The minimum Gasteiger partial charge on any atom is -0.325 e. The Kier molecular flexibility index (Phi) is 3.29. The van der Waals surface area contributed by atoms with E-state index in [1.54, 1.807) is 0 Å². The Balaban J connectivity index is 2.17. The summed E-state index contributed by atoms with van der Waals surface area (Å²) in [5.74, 6) is -2.93. The van der Waals surface area contributed by atoms with Gasteiger partial charge in [-0.1, -0.05) is 11.6 Å². The highest BCUT2D eigenvalue weighted by Crippen LogP contribution is 2.17. The van der Waals surface area contributed by atoms with Gasteiger partial charge in [0.25, 0.3) is 11.8 Å². The Bertz CT molecular complexity index is 510. The second-order valence-electron chi connectivity index (χ2n) is 3.62. The Morgan fingerprint density at radius 1 is 1.22 bits per heavy atom. The summed E-state index contributed by atoms with van der Waals surface area (Å²) < 4.78 is 13.0. The lowest BCUT2D eigenvalue weighted by molar-refractivity contribution is -0.172. The van der Waals surface area contributed by atoms with E-state index in [0.717, 1.165) is 12.1 Å². The number of halogens is 2. The predicted molar refractivity (Wildman–Crippen MR) is 57.9 cm³/mol. The van der Waals surface area contributed by atoms with Crippen LogP contribution in [0, 0.1) is 5.82 Å². The lowest BCUT2D eigenvalue weighted by Gasteiger charge is -2.12. The van der Waals surface area contributed by atoms with Crippen LogP contribution in [-0.4, -0.2) is 22.8 Å². The molecule has 0 saturated carbocycles. The summed E-state index contributed by atoms with van der Waals surface area (Å²) in [6.45, 7) is 0. The monoisotopic (exact) mass is 271 g/mol. The van der Waals surface area contributed by atoms with Gasteiger partial charge in [-0.15, -0.1) is 5.06 Å². The van der Waals surface area contributed by atoms with E-state index < -0.39 is 23.6 Å². The fraction of sp³-hybridized carbons (Fsp3) is 0.182. The maximum Gasteiger partial charge on any atom is 0.364 e. The number of nitrogens with zero attached hydrogens (tertiary/aromatic N) is 1. The van der Waals surface area contributed by atoms with Crippen LogP contribution in [0.25, 0.3) is 0 Å². The summed E-state index contributed by atoms with van der Waals surface area (Å²) >= 11 is 5.57. The molecule has 2 amide bonds. The van der Waals surface area contributed by atoms with E-state index in [-0.39, 0.29) is 23.4 Å². The summed E-state index contributed by atoms with van der Waals surface area (Å²) in [5.41, 5.74) is -0.174. The summed E-state index contributed by atoms with van der Waals surface area (Å²) in [5, 5.41) is 0.405. The van der Waals surface area contributed by atoms with Gasteiger partial charge in [0.15, 0.2) is 0 Å². The Hall–Kier alpha value is -1.95. The van der Waals surface area contributed by atoms with Crippen molar-refractivity contribution in [1.29, 1.82) is 0 Å².